The molecule has 2 atom stereocenters. The molecule has 0 bridgehead atoms. The van der Waals surface area contributed by atoms with Gasteiger partial charge in [-0.1, -0.05) is 15.9 Å². The van der Waals surface area contributed by atoms with Gasteiger partial charge in [0.25, 0.3) is 0 Å². The molecule has 3 heterocycles. The minimum absolute atomic E-state index is 0.0461. The number of hydrazone groups is 1. The SMILES string of the molecule is COc1ccc([C@H]2Oc3ccc(Br)cc3[C@@H]3CC(c4ccc(C)o4)=NN23)cc1OC. The predicted molar refractivity (Wildman–Crippen MR) is 116 cm³/mol. The van der Waals surface area contributed by atoms with E-state index in [1.807, 2.05) is 54.4 Å². The summed E-state index contributed by atoms with van der Waals surface area (Å²) in [6, 6.07) is 15.9. The van der Waals surface area contributed by atoms with Gasteiger partial charge in [0.05, 0.1) is 20.3 Å². The summed E-state index contributed by atoms with van der Waals surface area (Å²) in [7, 11) is 3.26. The molecule has 0 spiro atoms. The molecule has 0 unspecified atom stereocenters. The topological polar surface area (TPSA) is 56.4 Å². The lowest BCUT2D eigenvalue weighted by Gasteiger charge is -2.38. The molecule has 6 nitrogen and oxygen atoms in total. The van der Waals surface area contributed by atoms with Crippen LogP contribution >= 0.6 is 15.9 Å². The quantitative estimate of drug-likeness (QED) is 0.497. The second-order valence-corrected chi connectivity index (χ2v) is 8.24. The Labute approximate surface area is 183 Å². The summed E-state index contributed by atoms with van der Waals surface area (Å²) >= 11 is 3.59. The molecular formula is C23H21BrN2O4. The third-order valence-electron chi connectivity index (χ3n) is 5.47. The fraction of sp³-hybridized carbons (Fsp3) is 0.261. The second kappa shape index (κ2) is 7.40. The van der Waals surface area contributed by atoms with Crippen LogP contribution in [0, 0.1) is 6.92 Å². The number of nitrogens with zero attached hydrogens (tertiary/aromatic N) is 2. The van der Waals surface area contributed by atoms with E-state index in [4.69, 9.17) is 23.7 Å². The number of fused-ring (bicyclic) bond motifs is 3. The maximum Gasteiger partial charge on any atom is 0.214 e. The Morgan fingerprint density at radius 1 is 1.03 bits per heavy atom. The molecule has 0 aliphatic carbocycles. The summed E-state index contributed by atoms with van der Waals surface area (Å²) in [4.78, 5) is 0. The molecule has 30 heavy (non-hydrogen) atoms. The van der Waals surface area contributed by atoms with Crippen molar-refractivity contribution in [1.29, 1.82) is 0 Å². The zero-order chi connectivity index (χ0) is 20.8. The Kier molecular flexibility index (Phi) is 4.70. The van der Waals surface area contributed by atoms with E-state index >= 15 is 0 Å². The van der Waals surface area contributed by atoms with E-state index in [2.05, 4.69) is 22.0 Å². The zero-order valence-corrected chi connectivity index (χ0v) is 18.5. The Hall–Kier alpha value is -2.93. The molecule has 0 radical (unpaired) electrons. The highest BCUT2D eigenvalue weighted by Crippen LogP contribution is 2.49. The Balaban J connectivity index is 1.60. The Bertz CT molecular complexity index is 1140. The van der Waals surface area contributed by atoms with Crippen LogP contribution in [-0.2, 0) is 0 Å². The van der Waals surface area contributed by atoms with Gasteiger partial charge in [0.2, 0.25) is 6.23 Å². The molecule has 2 aromatic carbocycles. The summed E-state index contributed by atoms with van der Waals surface area (Å²) in [5.41, 5.74) is 2.95. The number of hydrogen-bond donors (Lipinski definition) is 0. The first-order chi connectivity index (χ1) is 14.6. The van der Waals surface area contributed by atoms with Gasteiger partial charge in [0.1, 0.15) is 23.0 Å². The van der Waals surface area contributed by atoms with Crippen molar-refractivity contribution in [3.63, 3.8) is 0 Å². The number of furan rings is 1. The van der Waals surface area contributed by atoms with Crippen LogP contribution in [0.25, 0.3) is 0 Å². The van der Waals surface area contributed by atoms with Crippen molar-refractivity contribution in [3.05, 3.63) is 75.7 Å². The van der Waals surface area contributed by atoms with Crippen molar-refractivity contribution < 1.29 is 18.6 Å². The van der Waals surface area contributed by atoms with Gasteiger partial charge in [0, 0.05) is 22.0 Å². The van der Waals surface area contributed by atoms with E-state index in [1.165, 1.54) is 0 Å². The smallest absolute Gasteiger partial charge is 0.214 e. The van der Waals surface area contributed by atoms with Gasteiger partial charge >= 0.3 is 0 Å². The fourth-order valence-electron chi connectivity index (χ4n) is 4.02. The van der Waals surface area contributed by atoms with E-state index in [-0.39, 0.29) is 6.04 Å². The van der Waals surface area contributed by atoms with Gasteiger partial charge in [-0.2, -0.15) is 5.10 Å². The second-order valence-electron chi connectivity index (χ2n) is 7.32. The number of halogens is 1. The summed E-state index contributed by atoms with van der Waals surface area (Å²) in [6.45, 7) is 1.94. The first kappa shape index (κ1) is 19.1. The van der Waals surface area contributed by atoms with Gasteiger partial charge in [-0.25, -0.2) is 5.01 Å². The lowest BCUT2D eigenvalue weighted by atomic mass is 9.97. The normalized spacial score (nSPS) is 19.6. The van der Waals surface area contributed by atoms with E-state index in [0.717, 1.165) is 45.0 Å². The van der Waals surface area contributed by atoms with Gasteiger partial charge < -0.3 is 18.6 Å². The highest BCUT2D eigenvalue weighted by atomic mass is 79.9. The molecule has 154 valence electrons. The zero-order valence-electron chi connectivity index (χ0n) is 16.9. The number of rotatable bonds is 4. The third kappa shape index (κ3) is 3.13. The van der Waals surface area contributed by atoms with Crippen LogP contribution in [0.1, 0.15) is 41.3 Å². The van der Waals surface area contributed by atoms with E-state index < -0.39 is 6.23 Å². The van der Waals surface area contributed by atoms with Gasteiger partial charge in [-0.05, 0) is 55.5 Å². The molecule has 0 saturated carbocycles. The largest absolute Gasteiger partial charge is 0.493 e. The molecule has 0 fully saturated rings. The van der Waals surface area contributed by atoms with Gasteiger partial charge in [-0.3, -0.25) is 0 Å². The summed E-state index contributed by atoms with van der Waals surface area (Å²) in [6.07, 6.45) is 0.348. The molecule has 0 N–H and O–H groups in total. The standard InChI is InChI=1S/C23H21BrN2O4/c1-13-4-7-20(29-13)17-12-18-16-11-15(24)6-9-19(16)30-23(26(18)25-17)14-5-8-21(27-2)22(10-14)28-3/h4-11,18,23H,12H2,1-3H3/t18-,23+/m0/s1. The van der Waals surface area contributed by atoms with Crippen molar-refractivity contribution in [3.8, 4) is 17.2 Å². The minimum Gasteiger partial charge on any atom is -0.493 e. The van der Waals surface area contributed by atoms with Gasteiger partial charge in [0.15, 0.2) is 11.5 Å². The molecule has 0 amide bonds. The number of benzene rings is 2. The van der Waals surface area contributed by atoms with E-state index in [1.54, 1.807) is 14.2 Å². The van der Waals surface area contributed by atoms with Crippen molar-refractivity contribution in [2.75, 3.05) is 14.2 Å². The van der Waals surface area contributed by atoms with Crippen LogP contribution in [0.4, 0.5) is 0 Å². The Morgan fingerprint density at radius 3 is 2.60 bits per heavy atom. The van der Waals surface area contributed by atoms with Crippen LogP contribution in [0.2, 0.25) is 0 Å². The number of methoxy groups -OCH3 is 2. The molecular weight excluding hydrogens is 448 g/mol. The molecule has 1 aromatic heterocycles. The molecule has 7 heteroatoms. The molecule has 5 rings (SSSR count). The number of ether oxygens (including phenoxy) is 3. The maximum absolute atomic E-state index is 6.42. The molecule has 0 saturated heterocycles. The lowest BCUT2D eigenvalue weighted by molar-refractivity contribution is -0.0192. The molecule has 2 aliphatic rings. The summed E-state index contributed by atoms with van der Waals surface area (Å²) in [5.74, 6) is 3.85. The van der Waals surface area contributed by atoms with Crippen molar-refractivity contribution in [1.82, 2.24) is 5.01 Å². The average Bonchev–Trinajstić information content (AvgIpc) is 3.39. The summed E-state index contributed by atoms with van der Waals surface area (Å²) in [5, 5.41) is 6.94. The monoisotopic (exact) mass is 468 g/mol. The fourth-order valence-corrected chi connectivity index (χ4v) is 4.40. The highest BCUT2D eigenvalue weighted by molar-refractivity contribution is 9.10. The van der Waals surface area contributed by atoms with Crippen molar-refractivity contribution in [2.45, 2.75) is 25.6 Å². The molecule has 3 aromatic rings. The van der Waals surface area contributed by atoms with Crippen molar-refractivity contribution >= 4 is 21.6 Å². The number of aryl methyl sites for hydroxylation is 1. The van der Waals surface area contributed by atoms with Gasteiger partial charge in [-0.15, -0.1) is 0 Å². The Morgan fingerprint density at radius 2 is 1.87 bits per heavy atom. The van der Waals surface area contributed by atoms with Crippen LogP contribution in [0.5, 0.6) is 17.2 Å². The van der Waals surface area contributed by atoms with Crippen LogP contribution in [-0.4, -0.2) is 24.9 Å². The molecule has 2 aliphatic heterocycles. The minimum atomic E-state index is -0.392. The first-order valence-corrected chi connectivity index (χ1v) is 10.5. The van der Waals surface area contributed by atoms with E-state index in [0.29, 0.717) is 11.5 Å². The van der Waals surface area contributed by atoms with Crippen LogP contribution in [0.15, 0.2) is 62.5 Å². The highest BCUT2D eigenvalue weighted by Gasteiger charge is 2.42. The van der Waals surface area contributed by atoms with E-state index in [9.17, 15) is 0 Å². The lowest BCUT2D eigenvalue weighted by Crippen LogP contribution is -2.33. The van der Waals surface area contributed by atoms with Crippen LogP contribution < -0.4 is 14.2 Å². The maximum atomic E-state index is 6.42. The first-order valence-electron chi connectivity index (χ1n) is 9.68. The average molecular weight is 469 g/mol. The van der Waals surface area contributed by atoms with Crippen molar-refractivity contribution in [2.24, 2.45) is 5.10 Å². The third-order valence-corrected chi connectivity index (χ3v) is 5.96. The summed E-state index contributed by atoms with van der Waals surface area (Å²) < 4.78 is 24.2. The van der Waals surface area contributed by atoms with Crippen LogP contribution in [0.3, 0.4) is 0 Å². The number of hydrogen-bond acceptors (Lipinski definition) is 6. The predicted octanol–water partition coefficient (Wildman–Crippen LogP) is 5.61.